The smallest absolute Gasteiger partial charge is 0.390 e. The lowest BCUT2D eigenvalue weighted by Gasteiger charge is -2.62. The lowest BCUT2D eigenvalue weighted by Crippen LogP contribution is -2.63. The maximum Gasteiger partial charge on any atom is 0.397 e. The summed E-state index contributed by atoms with van der Waals surface area (Å²) in [6.45, 7) is 18.6. The van der Waals surface area contributed by atoms with Gasteiger partial charge in [-0.3, -0.25) is 4.55 Å². The molecule has 2 unspecified atom stereocenters. The fourth-order valence-corrected chi connectivity index (χ4v) is 9.66. The molecule has 1 saturated carbocycles. The Morgan fingerprint density at radius 3 is 2.37 bits per heavy atom. The number of fused-ring (bicyclic) bond motifs is 4. The van der Waals surface area contributed by atoms with Gasteiger partial charge in [-0.1, -0.05) is 66.7 Å². The van der Waals surface area contributed by atoms with E-state index in [0.717, 1.165) is 42.4 Å². The van der Waals surface area contributed by atoms with Crippen LogP contribution in [0.4, 0.5) is 0 Å². The van der Waals surface area contributed by atoms with E-state index in [0.29, 0.717) is 18.3 Å². The maximum absolute atomic E-state index is 11.8. The van der Waals surface area contributed by atoms with Crippen molar-refractivity contribution < 1.29 is 32.5 Å². The second-order valence-corrected chi connectivity index (χ2v) is 14.9. The second-order valence-electron chi connectivity index (χ2n) is 13.9. The fraction of sp³-hybridized carbons (Fsp3) is 0.800. The van der Waals surface area contributed by atoms with Gasteiger partial charge in [0.2, 0.25) is 0 Å². The van der Waals surface area contributed by atoms with Crippen molar-refractivity contribution in [2.24, 2.45) is 39.9 Å². The molecule has 1 fully saturated rings. The lowest BCUT2D eigenvalue weighted by atomic mass is 9.45. The molecule has 216 valence electrons. The summed E-state index contributed by atoms with van der Waals surface area (Å²) in [5.41, 5.74) is 2.20. The summed E-state index contributed by atoms with van der Waals surface area (Å²) in [4.78, 5) is 0. The van der Waals surface area contributed by atoms with Gasteiger partial charge in [0.15, 0.2) is 0 Å². The molecule has 0 radical (unpaired) electrons. The summed E-state index contributed by atoms with van der Waals surface area (Å²) >= 11 is 0. The van der Waals surface area contributed by atoms with E-state index in [1.807, 2.05) is 20.8 Å². The Kier molecular flexibility index (Phi) is 7.73. The molecule has 0 heterocycles. The molecular weight excluding hydrogens is 504 g/mol. The molecule has 4 aliphatic rings. The molecule has 4 rings (SSSR count). The molecule has 9 atom stereocenters. The van der Waals surface area contributed by atoms with Crippen molar-refractivity contribution >= 4 is 10.4 Å². The number of aliphatic hydroxyl groups excluding tert-OH is 3. The molecule has 0 aromatic rings. The Bertz CT molecular complexity index is 1140. The first-order valence-electron chi connectivity index (χ1n) is 14.2. The molecule has 38 heavy (non-hydrogen) atoms. The van der Waals surface area contributed by atoms with Gasteiger partial charge in [-0.15, -0.1) is 0 Å². The highest BCUT2D eigenvalue weighted by atomic mass is 32.3. The van der Waals surface area contributed by atoms with E-state index < -0.39 is 51.1 Å². The number of hydrogen-bond acceptors (Lipinski definition) is 6. The average molecular weight is 553 g/mol. The molecule has 0 aliphatic heterocycles. The zero-order valence-electron chi connectivity index (χ0n) is 24.1. The minimum absolute atomic E-state index is 0.131. The summed E-state index contributed by atoms with van der Waals surface area (Å²) in [5, 5.41) is 34.7. The highest BCUT2D eigenvalue weighted by molar-refractivity contribution is 7.80. The van der Waals surface area contributed by atoms with Crippen molar-refractivity contribution in [3.05, 3.63) is 34.9 Å². The standard InChI is InChI=1S/C30H48O7S/c1-16(2)17(3)9-10-18(4)20-12-13-21-19-11-14-23-28(5,6)27(37-38(34,35)36)22(31)15-29(23,7)24(19)25(32)26(33)30(20,21)8/h13,16,18,20,22-23,25-27,31-33H,3,9-12,14-15H2,1-2,4-8H3,(H,34,35,36)/t18-,20-,22-,23?,25-,26?,27+,29+,30-/m1/s1. The molecule has 7 nitrogen and oxygen atoms in total. The third-order valence-corrected chi connectivity index (χ3v) is 11.6. The van der Waals surface area contributed by atoms with Gasteiger partial charge in [0.25, 0.3) is 0 Å². The molecule has 0 amide bonds. The molecule has 0 bridgehead atoms. The van der Waals surface area contributed by atoms with E-state index in [1.54, 1.807) is 0 Å². The van der Waals surface area contributed by atoms with Gasteiger partial charge in [0.05, 0.1) is 12.2 Å². The van der Waals surface area contributed by atoms with Crippen molar-refractivity contribution in [1.29, 1.82) is 0 Å². The Morgan fingerprint density at radius 1 is 1.16 bits per heavy atom. The van der Waals surface area contributed by atoms with Crippen molar-refractivity contribution in [2.45, 2.75) is 111 Å². The minimum Gasteiger partial charge on any atom is -0.390 e. The van der Waals surface area contributed by atoms with Gasteiger partial charge in [0, 0.05) is 5.41 Å². The average Bonchev–Trinajstić information content (AvgIpc) is 3.15. The van der Waals surface area contributed by atoms with E-state index in [4.69, 9.17) is 4.18 Å². The Morgan fingerprint density at radius 2 is 1.79 bits per heavy atom. The fourth-order valence-electron chi connectivity index (χ4n) is 9.02. The van der Waals surface area contributed by atoms with Crippen LogP contribution in [0, 0.1) is 39.9 Å². The van der Waals surface area contributed by atoms with E-state index in [1.165, 1.54) is 5.57 Å². The zero-order chi connectivity index (χ0) is 28.6. The van der Waals surface area contributed by atoms with Gasteiger partial charge < -0.3 is 15.3 Å². The van der Waals surface area contributed by atoms with Crippen molar-refractivity contribution in [2.75, 3.05) is 0 Å². The second kappa shape index (κ2) is 9.81. The topological polar surface area (TPSA) is 124 Å². The van der Waals surface area contributed by atoms with Crippen molar-refractivity contribution in [3.8, 4) is 0 Å². The molecule has 4 N–H and O–H groups in total. The Hall–Kier alpha value is -1.03. The van der Waals surface area contributed by atoms with Crippen molar-refractivity contribution in [3.63, 3.8) is 0 Å². The van der Waals surface area contributed by atoms with Gasteiger partial charge in [-0.2, -0.15) is 8.42 Å². The first-order valence-corrected chi connectivity index (χ1v) is 15.6. The first-order chi connectivity index (χ1) is 17.4. The van der Waals surface area contributed by atoms with Crippen LogP contribution < -0.4 is 0 Å². The Labute approximate surface area is 229 Å². The predicted molar refractivity (Wildman–Crippen MR) is 147 cm³/mol. The third kappa shape index (κ3) is 4.57. The van der Waals surface area contributed by atoms with E-state index in [-0.39, 0.29) is 18.3 Å². The highest BCUT2D eigenvalue weighted by Gasteiger charge is 2.64. The van der Waals surface area contributed by atoms with Crippen LogP contribution in [0.1, 0.15) is 87.0 Å². The van der Waals surface area contributed by atoms with Crippen LogP contribution in [0.5, 0.6) is 0 Å². The predicted octanol–water partition coefficient (Wildman–Crippen LogP) is 4.99. The molecular formula is C30H48O7S. The highest BCUT2D eigenvalue weighted by Crippen LogP contribution is 2.67. The lowest BCUT2D eigenvalue weighted by molar-refractivity contribution is -0.155. The van der Waals surface area contributed by atoms with Crippen LogP contribution in [0.2, 0.25) is 0 Å². The summed E-state index contributed by atoms with van der Waals surface area (Å²) in [6.07, 6.45) is 2.30. The van der Waals surface area contributed by atoms with E-state index in [9.17, 15) is 28.3 Å². The van der Waals surface area contributed by atoms with Crippen LogP contribution in [0.15, 0.2) is 34.9 Å². The van der Waals surface area contributed by atoms with Gasteiger partial charge in [-0.05, 0) is 89.7 Å². The monoisotopic (exact) mass is 552 g/mol. The summed E-state index contributed by atoms with van der Waals surface area (Å²) < 4.78 is 37.6. The minimum atomic E-state index is -4.75. The van der Waals surface area contributed by atoms with Crippen LogP contribution in [0.25, 0.3) is 0 Å². The van der Waals surface area contributed by atoms with E-state index >= 15 is 0 Å². The molecule has 0 aromatic carbocycles. The molecule has 0 saturated heterocycles. The third-order valence-electron chi connectivity index (χ3n) is 11.1. The van der Waals surface area contributed by atoms with Gasteiger partial charge in [-0.25, -0.2) is 4.18 Å². The largest absolute Gasteiger partial charge is 0.397 e. The van der Waals surface area contributed by atoms with Gasteiger partial charge in [0.1, 0.15) is 12.2 Å². The summed E-state index contributed by atoms with van der Waals surface area (Å²) in [5.74, 6) is 0.851. The summed E-state index contributed by atoms with van der Waals surface area (Å²) in [7, 11) is -4.75. The van der Waals surface area contributed by atoms with Crippen LogP contribution in [0.3, 0.4) is 0 Å². The van der Waals surface area contributed by atoms with E-state index in [2.05, 4.69) is 40.3 Å². The molecule has 4 aliphatic carbocycles. The SMILES string of the molecule is C=C(CC[C@@H](C)[C@H]1CC=C2C3=C([C@@H](O)C(O)[C@@]21C)[C@@]1(C)C[C@@H](O)[C@H](OS(=O)(=O)O)C(C)(C)C1CC3)C(C)C. The van der Waals surface area contributed by atoms with Crippen molar-refractivity contribution in [1.82, 2.24) is 0 Å². The van der Waals surface area contributed by atoms with Crippen LogP contribution in [-0.2, 0) is 14.6 Å². The quantitative estimate of drug-likeness (QED) is 0.259. The summed E-state index contributed by atoms with van der Waals surface area (Å²) in [6, 6.07) is 0. The maximum atomic E-state index is 11.8. The number of rotatable bonds is 7. The molecule has 0 spiro atoms. The normalized spacial score (nSPS) is 41.3. The number of aliphatic hydroxyl groups is 3. The zero-order valence-corrected chi connectivity index (χ0v) is 24.9. The van der Waals surface area contributed by atoms with Crippen LogP contribution in [-0.4, -0.2) is 52.7 Å². The molecule has 8 heteroatoms. The number of hydrogen-bond donors (Lipinski definition) is 4. The first kappa shape index (κ1) is 29.9. The van der Waals surface area contributed by atoms with Gasteiger partial charge >= 0.3 is 10.4 Å². The number of allylic oxidation sites excluding steroid dienone is 3. The molecule has 0 aromatic heterocycles. The van der Waals surface area contributed by atoms with Crippen LogP contribution >= 0.6 is 0 Å². The Balaban J connectivity index is 1.70.